The minimum Gasteiger partial charge on any atom is -0.346 e. The molecular formula is C22H22N4O2S. The summed E-state index contributed by atoms with van der Waals surface area (Å²) in [7, 11) is -3.29. The second kappa shape index (κ2) is 7.69. The maximum atomic E-state index is 11.4. The molecule has 4 aromatic rings. The Balaban J connectivity index is 1.71. The molecule has 0 bridgehead atoms. The van der Waals surface area contributed by atoms with Gasteiger partial charge in [0.2, 0.25) is 10.0 Å². The van der Waals surface area contributed by atoms with Crippen molar-refractivity contribution < 1.29 is 8.42 Å². The number of nitrogens with zero attached hydrogens (tertiary/aromatic N) is 1. The van der Waals surface area contributed by atoms with Gasteiger partial charge in [-0.15, -0.1) is 0 Å². The fourth-order valence-electron chi connectivity index (χ4n) is 3.41. The highest BCUT2D eigenvalue weighted by molar-refractivity contribution is 7.92. The number of anilines is 1. The largest absolute Gasteiger partial charge is 0.346 e. The van der Waals surface area contributed by atoms with Crippen molar-refractivity contribution in [1.29, 1.82) is 0 Å². The number of aromatic nitrogens is 2. The maximum absolute atomic E-state index is 11.4. The van der Waals surface area contributed by atoms with Crippen LogP contribution in [-0.2, 0) is 16.4 Å². The van der Waals surface area contributed by atoms with Crippen LogP contribution in [0.2, 0.25) is 0 Å². The minimum atomic E-state index is -3.29. The lowest BCUT2D eigenvalue weighted by Crippen LogP contribution is -2.09. The van der Waals surface area contributed by atoms with Gasteiger partial charge in [0.25, 0.3) is 0 Å². The van der Waals surface area contributed by atoms with E-state index in [2.05, 4.69) is 39.0 Å². The lowest BCUT2D eigenvalue weighted by molar-refractivity contribution is 0.607. The first-order valence-electron chi connectivity index (χ1n) is 9.28. The van der Waals surface area contributed by atoms with Crippen molar-refractivity contribution in [2.24, 2.45) is 5.73 Å². The second-order valence-electron chi connectivity index (χ2n) is 7.01. The van der Waals surface area contributed by atoms with Crippen LogP contribution in [0.25, 0.3) is 33.3 Å². The molecular weight excluding hydrogens is 384 g/mol. The number of H-pyrrole nitrogens is 1. The van der Waals surface area contributed by atoms with Crippen LogP contribution in [-0.4, -0.2) is 31.2 Å². The first-order valence-corrected chi connectivity index (χ1v) is 11.2. The first kappa shape index (κ1) is 19.2. The van der Waals surface area contributed by atoms with Crippen molar-refractivity contribution in [3.8, 4) is 22.3 Å². The molecule has 0 unspecified atom stereocenters. The summed E-state index contributed by atoms with van der Waals surface area (Å²) in [6.45, 7) is 0.618. The molecule has 0 radical (unpaired) electrons. The van der Waals surface area contributed by atoms with E-state index >= 15 is 0 Å². The number of benzene rings is 2. The highest BCUT2D eigenvalue weighted by Gasteiger charge is 2.10. The Labute approximate surface area is 169 Å². The van der Waals surface area contributed by atoms with Gasteiger partial charge in [-0.1, -0.05) is 36.4 Å². The van der Waals surface area contributed by atoms with Crippen LogP contribution in [0.4, 0.5) is 5.69 Å². The topological polar surface area (TPSA) is 101 Å². The summed E-state index contributed by atoms with van der Waals surface area (Å²) in [5, 5.41) is 1.03. The molecule has 0 saturated heterocycles. The van der Waals surface area contributed by atoms with E-state index in [0.29, 0.717) is 12.2 Å². The molecule has 0 amide bonds. The third kappa shape index (κ3) is 4.31. The van der Waals surface area contributed by atoms with Crippen LogP contribution in [0.15, 0.2) is 67.0 Å². The third-order valence-electron chi connectivity index (χ3n) is 4.72. The van der Waals surface area contributed by atoms with Crippen molar-refractivity contribution in [1.82, 2.24) is 9.97 Å². The summed E-state index contributed by atoms with van der Waals surface area (Å²) in [4.78, 5) is 7.80. The summed E-state index contributed by atoms with van der Waals surface area (Å²) in [5.74, 6) is 0. The van der Waals surface area contributed by atoms with Crippen LogP contribution in [0, 0.1) is 0 Å². The molecule has 0 aliphatic carbocycles. The molecule has 148 valence electrons. The minimum absolute atomic E-state index is 0.532. The molecule has 4 rings (SSSR count). The Kier molecular flexibility index (Phi) is 5.08. The Bertz CT molecular complexity index is 1260. The van der Waals surface area contributed by atoms with Crippen LogP contribution in [0.1, 0.15) is 5.56 Å². The summed E-state index contributed by atoms with van der Waals surface area (Å²) in [6, 6.07) is 17.7. The van der Waals surface area contributed by atoms with E-state index in [-0.39, 0.29) is 0 Å². The number of hydrogen-bond donors (Lipinski definition) is 3. The summed E-state index contributed by atoms with van der Waals surface area (Å²) in [5.41, 5.74) is 12.4. The van der Waals surface area contributed by atoms with Crippen molar-refractivity contribution in [2.75, 3.05) is 17.5 Å². The number of sulfonamides is 1. The number of pyridine rings is 1. The van der Waals surface area contributed by atoms with E-state index in [4.69, 9.17) is 5.73 Å². The Morgan fingerprint density at radius 2 is 1.83 bits per heavy atom. The van der Waals surface area contributed by atoms with E-state index in [9.17, 15) is 8.42 Å². The van der Waals surface area contributed by atoms with E-state index in [1.54, 1.807) is 12.1 Å². The molecule has 2 aromatic heterocycles. The Hall–Kier alpha value is -3.16. The average Bonchev–Trinajstić information content (AvgIpc) is 3.11. The lowest BCUT2D eigenvalue weighted by atomic mass is 10.00. The number of nitrogens with two attached hydrogens (primary N) is 1. The lowest BCUT2D eigenvalue weighted by Gasteiger charge is -2.07. The smallest absolute Gasteiger partial charge is 0.229 e. The summed E-state index contributed by atoms with van der Waals surface area (Å²) >= 11 is 0. The van der Waals surface area contributed by atoms with Gasteiger partial charge in [0.05, 0.1) is 6.26 Å². The molecule has 7 heteroatoms. The molecule has 0 saturated carbocycles. The number of aromatic amines is 1. The van der Waals surface area contributed by atoms with Gasteiger partial charge in [-0.2, -0.15) is 0 Å². The van der Waals surface area contributed by atoms with Gasteiger partial charge in [0, 0.05) is 34.6 Å². The van der Waals surface area contributed by atoms with Crippen molar-refractivity contribution in [3.05, 3.63) is 72.6 Å². The zero-order chi connectivity index (χ0) is 20.4. The molecule has 0 spiro atoms. The standard InChI is InChI=1S/C22H22N4O2S/c1-29(27,28)26-19-7-5-16(6-8-19)18-12-20-21(14-25-22(20)24-13-18)17-4-2-3-15(11-17)9-10-23/h2-8,11-14,26H,9-10,23H2,1H3,(H,24,25). The SMILES string of the molecule is CS(=O)(=O)Nc1ccc(-c2cnc3[nH]cc(-c4cccc(CCN)c4)c3c2)cc1. The number of nitrogens with one attached hydrogen (secondary N) is 2. The van der Waals surface area contributed by atoms with Gasteiger partial charge in [0.15, 0.2) is 0 Å². The molecule has 29 heavy (non-hydrogen) atoms. The normalized spacial score (nSPS) is 11.7. The molecule has 2 aromatic carbocycles. The highest BCUT2D eigenvalue weighted by atomic mass is 32.2. The molecule has 0 atom stereocenters. The van der Waals surface area contributed by atoms with Crippen LogP contribution >= 0.6 is 0 Å². The van der Waals surface area contributed by atoms with Gasteiger partial charge in [0.1, 0.15) is 5.65 Å². The molecule has 0 aliphatic rings. The zero-order valence-electron chi connectivity index (χ0n) is 16.0. The van der Waals surface area contributed by atoms with Crippen LogP contribution in [0.3, 0.4) is 0 Å². The Morgan fingerprint density at radius 1 is 1.03 bits per heavy atom. The predicted octanol–water partition coefficient (Wildman–Crippen LogP) is 3.77. The Morgan fingerprint density at radius 3 is 2.55 bits per heavy atom. The summed E-state index contributed by atoms with van der Waals surface area (Å²) < 4.78 is 25.2. The molecule has 4 N–H and O–H groups in total. The van der Waals surface area contributed by atoms with Crippen LogP contribution in [0.5, 0.6) is 0 Å². The predicted molar refractivity (Wildman–Crippen MR) is 118 cm³/mol. The fraction of sp³-hybridized carbons (Fsp3) is 0.136. The van der Waals surface area contributed by atoms with Crippen molar-refractivity contribution >= 4 is 26.7 Å². The molecule has 0 aliphatic heterocycles. The van der Waals surface area contributed by atoms with Gasteiger partial charge in [-0.05, 0) is 47.9 Å². The van der Waals surface area contributed by atoms with Crippen molar-refractivity contribution in [3.63, 3.8) is 0 Å². The first-order chi connectivity index (χ1) is 13.9. The summed E-state index contributed by atoms with van der Waals surface area (Å²) in [6.07, 6.45) is 5.76. The van der Waals surface area contributed by atoms with Gasteiger partial charge in [-0.25, -0.2) is 13.4 Å². The number of rotatable bonds is 6. The number of hydrogen-bond acceptors (Lipinski definition) is 4. The highest BCUT2D eigenvalue weighted by Crippen LogP contribution is 2.31. The zero-order valence-corrected chi connectivity index (χ0v) is 16.8. The average molecular weight is 407 g/mol. The molecule has 0 fully saturated rings. The number of fused-ring (bicyclic) bond motifs is 1. The van der Waals surface area contributed by atoms with E-state index < -0.39 is 10.0 Å². The van der Waals surface area contributed by atoms with Gasteiger partial charge >= 0.3 is 0 Å². The van der Waals surface area contributed by atoms with E-state index in [1.165, 1.54) is 5.56 Å². The van der Waals surface area contributed by atoms with E-state index in [0.717, 1.165) is 46.0 Å². The molecule has 6 nitrogen and oxygen atoms in total. The van der Waals surface area contributed by atoms with Crippen LogP contribution < -0.4 is 10.5 Å². The van der Waals surface area contributed by atoms with Gasteiger partial charge < -0.3 is 10.7 Å². The maximum Gasteiger partial charge on any atom is 0.229 e. The third-order valence-corrected chi connectivity index (χ3v) is 5.33. The van der Waals surface area contributed by atoms with Crippen molar-refractivity contribution in [2.45, 2.75) is 6.42 Å². The monoisotopic (exact) mass is 406 g/mol. The van der Waals surface area contributed by atoms with E-state index in [1.807, 2.05) is 30.6 Å². The quantitative estimate of drug-likeness (QED) is 0.454. The second-order valence-corrected chi connectivity index (χ2v) is 8.76. The van der Waals surface area contributed by atoms with Gasteiger partial charge in [-0.3, -0.25) is 4.72 Å². The fourth-order valence-corrected chi connectivity index (χ4v) is 3.97. The molecule has 2 heterocycles.